The van der Waals surface area contributed by atoms with Crippen LogP contribution < -0.4 is 10.6 Å². The Morgan fingerprint density at radius 1 is 1.39 bits per heavy atom. The highest BCUT2D eigenvalue weighted by Crippen LogP contribution is 2.15. The van der Waals surface area contributed by atoms with Crippen LogP contribution in [0, 0.1) is 19.8 Å². The van der Waals surface area contributed by atoms with E-state index < -0.39 is 0 Å². The van der Waals surface area contributed by atoms with Crippen LogP contribution in [0.5, 0.6) is 0 Å². The van der Waals surface area contributed by atoms with E-state index in [4.69, 9.17) is 0 Å². The van der Waals surface area contributed by atoms with Gasteiger partial charge >= 0.3 is 0 Å². The number of aryl methyl sites for hydroxylation is 1. The number of rotatable bonds is 2. The zero-order valence-corrected chi connectivity index (χ0v) is 11.4. The molecule has 0 aromatic heterocycles. The first-order chi connectivity index (χ1) is 8.59. The van der Waals surface area contributed by atoms with Crippen molar-refractivity contribution >= 4 is 5.91 Å². The van der Waals surface area contributed by atoms with Gasteiger partial charge in [0.25, 0.3) is 5.91 Å². The van der Waals surface area contributed by atoms with Gasteiger partial charge in [0.1, 0.15) is 0 Å². The summed E-state index contributed by atoms with van der Waals surface area (Å²) in [7, 11) is 0. The normalized spacial score (nSPS) is 23.7. The maximum Gasteiger partial charge on any atom is 0.251 e. The molecule has 2 rings (SSSR count). The highest BCUT2D eigenvalue weighted by Gasteiger charge is 2.23. The number of carbonyl (C=O) groups is 1. The minimum atomic E-state index is 0.0648. The Morgan fingerprint density at radius 3 is 2.89 bits per heavy atom. The molecule has 0 spiro atoms. The van der Waals surface area contributed by atoms with Crippen molar-refractivity contribution in [1.82, 2.24) is 10.6 Å². The van der Waals surface area contributed by atoms with Crippen LogP contribution >= 0.6 is 0 Å². The van der Waals surface area contributed by atoms with E-state index in [9.17, 15) is 4.79 Å². The monoisotopic (exact) mass is 246 g/mol. The highest BCUT2D eigenvalue weighted by atomic mass is 16.1. The van der Waals surface area contributed by atoms with Gasteiger partial charge in [0.15, 0.2) is 0 Å². The summed E-state index contributed by atoms with van der Waals surface area (Å²) in [5.74, 6) is 0.558. The Hall–Kier alpha value is -1.35. The van der Waals surface area contributed by atoms with Gasteiger partial charge in [-0.3, -0.25) is 4.79 Å². The largest absolute Gasteiger partial charge is 0.349 e. The average Bonchev–Trinajstić information content (AvgIpc) is 2.35. The average molecular weight is 246 g/mol. The van der Waals surface area contributed by atoms with Crippen LogP contribution in [0.1, 0.15) is 34.8 Å². The molecule has 1 fully saturated rings. The van der Waals surface area contributed by atoms with Crippen molar-refractivity contribution in [3.8, 4) is 0 Å². The topological polar surface area (TPSA) is 41.1 Å². The minimum absolute atomic E-state index is 0.0648. The first kappa shape index (κ1) is 13.1. The molecule has 0 unspecified atom stereocenters. The molecule has 2 N–H and O–H groups in total. The fourth-order valence-electron chi connectivity index (χ4n) is 2.47. The number of nitrogens with one attached hydrogen (secondary N) is 2. The maximum atomic E-state index is 12.3. The van der Waals surface area contributed by atoms with Crippen molar-refractivity contribution in [3.05, 3.63) is 34.9 Å². The maximum absolute atomic E-state index is 12.3. The van der Waals surface area contributed by atoms with Gasteiger partial charge in [-0.05, 0) is 56.5 Å². The molecule has 1 aliphatic heterocycles. The lowest BCUT2D eigenvalue weighted by Crippen LogP contribution is -2.48. The molecule has 0 aliphatic carbocycles. The molecule has 1 aromatic carbocycles. The van der Waals surface area contributed by atoms with Gasteiger partial charge in [-0.1, -0.05) is 19.1 Å². The molecular weight excluding hydrogens is 224 g/mol. The second-order valence-electron chi connectivity index (χ2n) is 5.30. The number of piperidine rings is 1. The molecule has 98 valence electrons. The van der Waals surface area contributed by atoms with Crippen LogP contribution in [0.15, 0.2) is 18.2 Å². The van der Waals surface area contributed by atoms with Crippen molar-refractivity contribution in [1.29, 1.82) is 0 Å². The molecule has 0 bridgehead atoms. The van der Waals surface area contributed by atoms with Crippen molar-refractivity contribution in [3.63, 3.8) is 0 Å². The zero-order valence-electron chi connectivity index (χ0n) is 11.4. The lowest BCUT2D eigenvalue weighted by atomic mass is 9.94. The molecule has 1 heterocycles. The van der Waals surface area contributed by atoms with Gasteiger partial charge in [-0.25, -0.2) is 0 Å². The van der Waals surface area contributed by atoms with Crippen LogP contribution in [0.2, 0.25) is 0 Å². The van der Waals surface area contributed by atoms with Crippen LogP contribution in [-0.4, -0.2) is 25.0 Å². The summed E-state index contributed by atoms with van der Waals surface area (Å²) in [5.41, 5.74) is 3.05. The number of amides is 1. The molecule has 1 amide bonds. The third-order valence-corrected chi connectivity index (χ3v) is 3.95. The predicted molar refractivity (Wildman–Crippen MR) is 73.8 cm³/mol. The van der Waals surface area contributed by atoms with Crippen LogP contribution in [0.3, 0.4) is 0 Å². The van der Waals surface area contributed by atoms with Crippen LogP contribution in [0.4, 0.5) is 0 Å². The van der Waals surface area contributed by atoms with Crippen molar-refractivity contribution in [2.75, 3.05) is 13.1 Å². The molecule has 1 aliphatic rings. The summed E-state index contributed by atoms with van der Waals surface area (Å²) in [6, 6.07) is 6.19. The van der Waals surface area contributed by atoms with E-state index in [2.05, 4.69) is 17.6 Å². The summed E-state index contributed by atoms with van der Waals surface area (Å²) in [5, 5.41) is 6.52. The fraction of sp³-hybridized carbons (Fsp3) is 0.533. The molecule has 3 heteroatoms. The molecule has 1 saturated heterocycles. The van der Waals surface area contributed by atoms with Crippen LogP contribution in [-0.2, 0) is 0 Å². The summed E-state index contributed by atoms with van der Waals surface area (Å²) in [6.45, 7) is 8.20. The summed E-state index contributed by atoms with van der Waals surface area (Å²) >= 11 is 0. The Bertz CT molecular complexity index is 442. The lowest BCUT2D eigenvalue weighted by Gasteiger charge is -2.30. The van der Waals surface area contributed by atoms with Crippen molar-refractivity contribution in [2.24, 2.45) is 5.92 Å². The molecule has 3 nitrogen and oxygen atoms in total. The third kappa shape index (κ3) is 2.72. The van der Waals surface area contributed by atoms with Crippen LogP contribution in [0.25, 0.3) is 0 Å². The zero-order chi connectivity index (χ0) is 13.1. The number of hydrogen-bond donors (Lipinski definition) is 2. The highest BCUT2D eigenvalue weighted by molar-refractivity contribution is 5.96. The van der Waals surface area contributed by atoms with E-state index in [-0.39, 0.29) is 5.91 Å². The second kappa shape index (κ2) is 5.53. The molecule has 0 saturated carbocycles. The van der Waals surface area contributed by atoms with E-state index in [1.165, 1.54) is 5.56 Å². The van der Waals surface area contributed by atoms with E-state index in [1.807, 2.05) is 32.0 Å². The number of benzene rings is 1. The Kier molecular flexibility index (Phi) is 4.02. The Balaban J connectivity index is 2.09. The number of hydrogen-bond acceptors (Lipinski definition) is 2. The fourth-order valence-corrected chi connectivity index (χ4v) is 2.47. The standard InChI is InChI=1S/C15H22N2O/c1-10-5-4-6-13(12(10)3)15(18)17-14-7-8-16-9-11(14)2/h4-6,11,14,16H,7-9H2,1-3H3,(H,17,18)/t11-,14-/m1/s1. The van der Waals surface area contributed by atoms with Gasteiger partial charge in [-0.15, -0.1) is 0 Å². The Morgan fingerprint density at radius 2 is 2.17 bits per heavy atom. The van der Waals surface area contributed by atoms with Gasteiger partial charge < -0.3 is 10.6 Å². The lowest BCUT2D eigenvalue weighted by molar-refractivity contribution is 0.0913. The minimum Gasteiger partial charge on any atom is -0.349 e. The Labute approximate surface area is 109 Å². The third-order valence-electron chi connectivity index (χ3n) is 3.95. The predicted octanol–water partition coefficient (Wildman–Crippen LogP) is 2.03. The molecule has 0 radical (unpaired) electrons. The quantitative estimate of drug-likeness (QED) is 0.838. The molecule has 1 aromatic rings. The number of carbonyl (C=O) groups excluding carboxylic acids is 1. The summed E-state index contributed by atoms with van der Waals surface area (Å²) in [6.07, 6.45) is 1.01. The summed E-state index contributed by atoms with van der Waals surface area (Å²) in [4.78, 5) is 12.3. The first-order valence-electron chi connectivity index (χ1n) is 6.67. The van der Waals surface area contributed by atoms with E-state index in [1.54, 1.807) is 0 Å². The molecule has 2 atom stereocenters. The first-order valence-corrected chi connectivity index (χ1v) is 6.67. The van der Waals surface area contributed by atoms with E-state index >= 15 is 0 Å². The second-order valence-corrected chi connectivity index (χ2v) is 5.30. The van der Waals surface area contributed by atoms with Crippen molar-refractivity contribution in [2.45, 2.75) is 33.2 Å². The van der Waals surface area contributed by atoms with E-state index in [0.29, 0.717) is 12.0 Å². The van der Waals surface area contributed by atoms with Gasteiger partial charge in [0.05, 0.1) is 0 Å². The summed E-state index contributed by atoms with van der Waals surface area (Å²) < 4.78 is 0. The molecular formula is C15H22N2O. The van der Waals surface area contributed by atoms with E-state index in [0.717, 1.165) is 30.6 Å². The van der Waals surface area contributed by atoms with Crippen molar-refractivity contribution < 1.29 is 4.79 Å². The SMILES string of the molecule is Cc1cccc(C(=O)N[C@@H]2CCNC[C@H]2C)c1C. The van der Waals surface area contributed by atoms with Gasteiger partial charge in [-0.2, -0.15) is 0 Å². The van der Waals surface area contributed by atoms with Gasteiger partial charge in [0, 0.05) is 11.6 Å². The van der Waals surface area contributed by atoms with Gasteiger partial charge in [0.2, 0.25) is 0 Å². The smallest absolute Gasteiger partial charge is 0.251 e. The molecule has 18 heavy (non-hydrogen) atoms.